The summed E-state index contributed by atoms with van der Waals surface area (Å²) < 4.78 is 16.2. The van der Waals surface area contributed by atoms with Gasteiger partial charge in [-0.15, -0.1) is 0 Å². The highest BCUT2D eigenvalue weighted by Gasteiger charge is 2.41. The van der Waals surface area contributed by atoms with E-state index in [-0.39, 0.29) is 17.5 Å². The van der Waals surface area contributed by atoms with Crippen molar-refractivity contribution < 1.29 is 33.7 Å². The molecule has 1 atom stereocenters. The van der Waals surface area contributed by atoms with Gasteiger partial charge in [-0.1, -0.05) is 32.0 Å². The lowest BCUT2D eigenvalue weighted by atomic mass is 9.96. The normalized spacial score (nSPS) is 15.8. The van der Waals surface area contributed by atoms with Crippen LogP contribution in [-0.4, -0.2) is 66.6 Å². The number of methoxy groups -OCH3 is 3. The Bertz CT molecular complexity index is 1090. The molecule has 9 nitrogen and oxygen atoms in total. The zero-order valence-corrected chi connectivity index (χ0v) is 19.8. The van der Waals surface area contributed by atoms with Gasteiger partial charge in [-0.25, -0.2) is 0 Å². The highest BCUT2D eigenvalue weighted by atomic mass is 16.5. The summed E-state index contributed by atoms with van der Waals surface area (Å²) in [5, 5.41) is 9.54. The van der Waals surface area contributed by atoms with Gasteiger partial charge < -0.3 is 24.2 Å². The predicted octanol–water partition coefficient (Wildman–Crippen LogP) is 3.10. The summed E-state index contributed by atoms with van der Waals surface area (Å²) in [6.07, 6.45) is 1.52. The van der Waals surface area contributed by atoms with Gasteiger partial charge in [-0.2, -0.15) is 0 Å². The van der Waals surface area contributed by atoms with Crippen molar-refractivity contribution in [1.82, 2.24) is 9.80 Å². The third-order valence-corrected chi connectivity index (χ3v) is 5.51. The minimum Gasteiger partial charge on any atom is -0.493 e. The summed E-state index contributed by atoms with van der Waals surface area (Å²) >= 11 is 0. The van der Waals surface area contributed by atoms with Crippen LogP contribution in [-0.2, 0) is 9.59 Å². The Hall–Kier alpha value is -4.01. The molecule has 2 aromatic rings. The van der Waals surface area contributed by atoms with E-state index in [1.54, 1.807) is 42.5 Å². The van der Waals surface area contributed by atoms with Crippen LogP contribution in [0.5, 0.6) is 17.2 Å². The molecule has 1 aliphatic rings. The van der Waals surface area contributed by atoms with Crippen LogP contribution in [0.4, 0.5) is 0 Å². The second-order valence-corrected chi connectivity index (χ2v) is 8.01. The number of carboxylic acids is 1. The summed E-state index contributed by atoms with van der Waals surface area (Å²) in [7, 11) is 4.38. The molecule has 2 amide bonds. The highest BCUT2D eigenvalue weighted by molar-refractivity contribution is 6.03. The van der Waals surface area contributed by atoms with Crippen molar-refractivity contribution in [2.75, 3.05) is 27.9 Å². The molecular weight excluding hydrogens is 440 g/mol. The van der Waals surface area contributed by atoms with Crippen molar-refractivity contribution in [2.24, 2.45) is 5.92 Å². The van der Waals surface area contributed by atoms with E-state index in [1.165, 1.54) is 37.3 Å². The van der Waals surface area contributed by atoms with Gasteiger partial charge in [-0.05, 0) is 30.2 Å². The number of benzene rings is 2. The first-order valence-corrected chi connectivity index (χ1v) is 10.7. The van der Waals surface area contributed by atoms with E-state index in [2.05, 4.69) is 0 Å². The number of rotatable bonds is 8. The molecule has 0 saturated carbocycles. The predicted molar refractivity (Wildman–Crippen MR) is 125 cm³/mol. The number of carboxylic acid groups (broad SMARTS) is 1. The fraction of sp³-hybridized carbons (Fsp3) is 0.320. The maximum atomic E-state index is 13.6. The molecule has 0 aliphatic carbocycles. The summed E-state index contributed by atoms with van der Waals surface area (Å²) in [5.41, 5.74) is 1.07. The molecule has 3 rings (SSSR count). The minimum atomic E-state index is -1.18. The molecule has 0 bridgehead atoms. The number of carbonyl (C=O) groups excluding carboxylic acids is 2. The number of hydrogen-bond donors (Lipinski definition) is 1. The van der Waals surface area contributed by atoms with Crippen LogP contribution in [0.25, 0.3) is 5.70 Å². The highest BCUT2D eigenvalue weighted by Crippen LogP contribution is 2.41. The number of amides is 2. The van der Waals surface area contributed by atoms with Crippen LogP contribution in [0, 0.1) is 5.92 Å². The molecule has 0 aromatic heterocycles. The number of ether oxygens (including phenoxy) is 3. The van der Waals surface area contributed by atoms with E-state index >= 15 is 0 Å². The van der Waals surface area contributed by atoms with Crippen LogP contribution in [0.1, 0.15) is 29.8 Å². The van der Waals surface area contributed by atoms with E-state index in [9.17, 15) is 19.5 Å². The maximum Gasteiger partial charge on any atom is 0.323 e. The van der Waals surface area contributed by atoms with Gasteiger partial charge in [0.05, 0.1) is 27.0 Å². The third kappa shape index (κ3) is 4.68. The fourth-order valence-electron chi connectivity index (χ4n) is 3.96. The lowest BCUT2D eigenvalue weighted by Crippen LogP contribution is -2.55. The largest absolute Gasteiger partial charge is 0.493 e. The zero-order chi connectivity index (χ0) is 25.0. The third-order valence-electron chi connectivity index (χ3n) is 5.51. The molecule has 34 heavy (non-hydrogen) atoms. The van der Waals surface area contributed by atoms with Crippen LogP contribution in [0.2, 0.25) is 0 Å². The van der Waals surface area contributed by atoms with Gasteiger partial charge in [0.1, 0.15) is 12.6 Å². The Morgan fingerprint density at radius 2 is 1.59 bits per heavy atom. The second-order valence-electron chi connectivity index (χ2n) is 8.01. The van der Waals surface area contributed by atoms with E-state index in [4.69, 9.17) is 14.2 Å². The van der Waals surface area contributed by atoms with Crippen molar-refractivity contribution >= 4 is 23.5 Å². The molecule has 0 saturated heterocycles. The van der Waals surface area contributed by atoms with E-state index in [0.29, 0.717) is 28.4 Å². The van der Waals surface area contributed by atoms with Gasteiger partial charge in [0.25, 0.3) is 11.8 Å². The smallest absolute Gasteiger partial charge is 0.323 e. The topological polar surface area (TPSA) is 106 Å². The van der Waals surface area contributed by atoms with Gasteiger partial charge in [0.2, 0.25) is 5.75 Å². The first-order chi connectivity index (χ1) is 16.2. The fourth-order valence-corrected chi connectivity index (χ4v) is 3.96. The van der Waals surface area contributed by atoms with Crippen molar-refractivity contribution in [2.45, 2.75) is 19.9 Å². The SMILES string of the molecule is COc1cc(C2=CN(C(=O)c3ccccc3)C(C(C)C)C(=O)N2CC(=O)O)cc(OC)c1OC. The summed E-state index contributed by atoms with van der Waals surface area (Å²) in [5.74, 6) is -1.31. The zero-order valence-electron chi connectivity index (χ0n) is 19.8. The lowest BCUT2D eigenvalue weighted by Gasteiger charge is -2.40. The van der Waals surface area contributed by atoms with Gasteiger partial charge in [0, 0.05) is 17.3 Å². The first-order valence-electron chi connectivity index (χ1n) is 10.7. The second kappa shape index (κ2) is 10.3. The van der Waals surface area contributed by atoms with Crippen molar-refractivity contribution in [3.8, 4) is 17.2 Å². The average Bonchev–Trinajstić information content (AvgIpc) is 2.83. The molecule has 0 spiro atoms. The Morgan fingerprint density at radius 1 is 1.00 bits per heavy atom. The number of carbonyl (C=O) groups is 3. The molecule has 1 aliphatic heterocycles. The Morgan fingerprint density at radius 3 is 2.06 bits per heavy atom. The molecule has 9 heteroatoms. The first kappa shape index (κ1) is 24.6. The Labute approximate surface area is 198 Å². The van der Waals surface area contributed by atoms with Crippen LogP contribution < -0.4 is 14.2 Å². The molecule has 1 heterocycles. The quantitative estimate of drug-likeness (QED) is 0.635. The molecular formula is C25H28N2O7. The summed E-state index contributed by atoms with van der Waals surface area (Å²) in [6.45, 7) is 3.05. The summed E-state index contributed by atoms with van der Waals surface area (Å²) in [4.78, 5) is 41.3. The van der Waals surface area contributed by atoms with E-state index in [0.717, 1.165) is 0 Å². The lowest BCUT2D eigenvalue weighted by molar-refractivity contribution is -0.144. The van der Waals surface area contributed by atoms with Crippen LogP contribution in [0.3, 0.4) is 0 Å². The summed E-state index contributed by atoms with van der Waals surface area (Å²) in [6, 6.07) is 10.9. The van der Waals surface area contributed by atoms with Gasteiger partial charge in [0.15, 0.2) is 11.5 Å². The van der Waals surface area contributed by atoms with E-state index < -0.39 is 24.5 Å². The molecule has 180 valence electrons. The van der Waals surface area contributed by atoms with Crippen LogP contribution >= 0.6 is 0 Å². The van der Waals surface area contributed by atoms with Crippen molar-refractivity contribution in [3.05, 3.63) is 59.8 Å². The van der Waals surface area contributed by atoms with Gasteiger partial charge in [-0.3, -0.25) is 19.3 Å². The Kier molecular flexibility index (Phi) is 7.45. The molecule has 1 unspecified atom stereocenters. The Balaban J connectivity index is 2.25. The maximum absolute atomic E-state index is 13.6. The average molecular weight is 469 g/mol. The standard InChI is InChI=1S/C25H28N2O7/c1-15(2)22-25(31)26(14-21(28)29)18(13-27(22)24(30)16-9-7-6-8-10-16)17-11-19(32-3)23(34-5)20(12-17)33-4/h6-13,15,22H,14H2,1-5H3,(H,28,29). The molecule has 1 N–H and O–H groups in total. The van der Waals surface area contributed by atoms with E-state index in [1.807, 2.05) is 13.8 Å². The monoisotopic (exact) mass is 468 g/mol. The number of hydrogen-bond acceptors (Lipinski definition) is 6. The number of nitrogens with zero attached hydrogens (tertiary/aromatic N) is 2. The van der Waals surface area contributed by atoms with Crippen LogP contribution in [0.15, 0.2) is 48.7 Å². The van der Waals surface area contributed by atoms with Crippen molar-refractivity contribution in [1.29, 1.82) is 0 Å². The molecule has 2 aromatic carbocycles. The van der Waals surface area contributed by atoms with Crippen molar-refractivity contribution in [3.63, 3.8) is 0 Å². The molecule has 0 fully saturated rings. The van der Waals surface area contributed by atoms with Gasteiger partial charge >= 0.3 is 5.97 Å². The number of aliphatic carboxylic acids is 1. The minimum absolute atomic E-state index is 0.229. The molecule has 0 radical (unpaired) electrons.